The largest absolute Gasteiger partial charge is 0.325 e. The van der Waals surface area contributed by atoms with Gasteiger partial charge in [0, 0.05) is 6.54 Å². The predicted molar refractivity (Wildman–Crippen MR) is 58.4 cm³/mol. The molecule has 1 aromatic carbocycles. The van der Waals surface area contributed by atoms with E-state index in [4.69, 9.17) is 17.3 Å². The third kappa shape index (κ3) is 2.20. The molecule has 0 spiro atoms. The van der Waals surface area contributed by atoms with Crippen LogP contribution in [0.2, 0.25) is 5.02 Å². The zero-order chi connectivity index (χ0) is 11.5. The van der Waals surface area contributed by atoms with Crippen LogP contribution in [0.1, 0.15) is 11.3 Å². The van der Waals surface area contributed by atoms with Crippen LogP contribution in [0.25, 0.3) is 0 Å². The molecule has 0 saturated carbocycles. The zero-order valence-electron chi connectivity index (χ0n) is 8.40. The van der Waals surface area contributed by atoms with Crippen LogP contribution in [0.4, 0.5) is 4.39 Å². The number of halogens is 2. The Morgan fingerprint density at radius 2 is 2.25 bits per heavy atom. The maximum atomic E-state index is 13.2. The monoisotopic (exact) mass is 240 g/mol. The van der Waals surface area contributed by atoms with Crippen LogP contribution < -0.4 is 5.73 Å². The lowest BCUT2D eigenvalue weighted by atomic mass is 10.2. The maximum Gasteiger partial charge on any atom is 0.142 e. The molecule has 0 unspecified atom stereocenters. The summed E-state index contributed by atoms with van der Waals surface area (Å²) in [6.07, 6.45) is 1.71. The maximum absolute atomic E-state index is 13.2. The van der Waals surface area contributed by atoms with Gasteiger partial charge in [-0.2, -0.15) is 0 Å². The molecule has 16 heavy (non-hydrogen) atoms. The van der Waals surface area contributed by atoms with Crippen LogP contribution in [0, 0.1) is 5.82 Å². The van der Waals surface area contributed by atoms with Gasteiger partial charge in [0.25, 0.3) is 0 Å². The third-order valence-corrected chi connectivity index (χ3v) is 2.58. The summed E-state index contributed by atoms with van der Waals surface area (Å²) in [5.41, 5.74) is 6.76. The molecule has 0 atom stereocenters. The Morgan fingerprint density at radius 1 is 1.44 bits per heavy atom. The number of nitrogens with zero attached hydrogens (tertiary/aromatic N) is 3. The van der Waals surface area contributed by atoms with Gasteiger partial charge in [0.05, 0.1) is 23.5 Å². The minimum Gasteiger partial charge on any atom is -0.325 e. The van der Waals surface area contributed by atoms with Crippen molar-refractivity contribution in [3.63, 3.8) is 0 Å². The number of aromatic nitrogens is 3. The van der Waals surface area contributed by atoms with Gasteiger partial charge in [-0.15, -0.1) is 5.10 Å². The minimum atomic E-state index is -0.432. The first-order valence-corrected chi connectivity index (χ1v) is 5.10. The fourth-order valence-corrected chi connectivity index (χ4v) is 1.54. The second-order valence-electron chi connectivity index (χ2n) is 3.32. The van der Waals surface area contributed by atoms with Crippen molar-refractivity contribution >= 4 is 11.6 Å². The van der Waals surface area contributed by atoms with E-state index in [9.17, 15) is 4.39 Å². The van der Waals surface area contributed by atoms with Crippen LogP contribution in [-0.4, -0.2) is 15.0 Å². The van der Waals surface area contributed by atoms with Crippen molar-refractivity contribution in [3.05, 3.63) is 46.5 Å². The first-order chi connectivity index (χ1) is 7.70. The van der Waals surface area contributed by atoms with Gasteiger partial charge in [0.1, 0.15) is 5.82 Å². The molecule has 6 heteroatoms. The molecule has 84 valence electrons. The van der Waals surface area contributed by atoms with E-state index in [0.717, 1.165) is 0 Å². The van der Waals surface area contributed by atoms with Crippen LogP contribution >= 0.6 is 11.6 Å². The molecule has 2 aromatic rings. The molecule has 0 fully saturated rings. The van der Waals surface area contributed by atoms with Crippen LogP contribution in [0.3, 0.4) is 0 Å². The first kappa shape index (κ1) is 11.0. The normalized spacial score (nSPS) is 10.7. The molecule has 2 N–H and O–H groups in total. The molecule has 0 radical (unpaired) electrons. The van der Waals surface area contributed by atoms with Crippen molar-refractivity contribution < 1.29 is 4.39 Å². The number of hydrogen-bond donors (Lipinski definition) is 1. The Morgan fingerprint density at radius 3 is 2.94 bits per heavy atom. The zero-order valence-corrected chi connectivity index (χ0v) is 9.15. The fourth-order valence-electron chi connectivity index (χ4n) is 1.35. The Balaban J connectivity index is 2.23. The van der Waals surface area contributed by atoms with Gasteiger partial charge in [0.2, 0.25) is 0 Å². The van der Waals surface area contributed by atoms with Gasteiger partial charge in [-0.1, -0.05) is 28.9 Å². The van der Waals surface area contributed by atoms with Crippen molar-refractivity contribution in [1.29, 1.82) is 0 Å². The summed E-state index contributed by atoms with van der Waals surface area (Å²) in [6, 6.07) is 4.67. The number of nitrogens with two attached hydrogens (primary N) is 1. The van der Waals surface area contributed by atoms with Crippen LogP contribution in [-0.2, 0) is 13.1 Å². The first-order valence-electron chi connectivity index (χ1n) is 4.72. The van der Waals surface area contributed by atoms with E-state index < -0.39 is 5.82 Å². The van der Waals surface area contributed by atoms with E-state index in [1.165, 1.54) is 6.07 Å². The van der Waals surface area contributed by atoms with Crippen molar-refractivity contribution in [2.75, 3.05) is 0 Å². The molecular formula is C10H10ClFN4. The van der Waals surface area contributed by atoms with E-state index >= 15 is 0 Å². The van der Waals surface area contributed by atoms with Crippen LogP contribution in [0.15, 0.2) is 24.4 Å². The van der Waals surface area contributed by atoms with E-state index in [1.54, 1.807) is 23.0 Å². The molecule has 2 rings (SSSR count). The summed E-state index contributed by atoms with van der Waals surface area (Å²) in [5.74, 6) is -0.432. The second kappa shape index (κ2) is 4.59. The van der Waals surface area contributed by atoms with E-state index in [2.05, 4.69) is 10.3 Å². The van der Waals surface area contributed by atoms with Crippen LogP contribution in [0.5, 0.6) is 0 Å². The molecule has 1 heterocycles. The highest BCUT2D eigenvalue weighted by atomic mass is 35.5. The summed E-state index contributed by atoms with van der Waals surface area (Å²) in [7, 11) is 0. The van der Waals surface area contributed by atoms with Gasteiger partial charge < -0.3 is 5.73 Å². The van der Waals surface area contributed by atoms with E-state index in [1.807, 2.05) is 0 Å². The van der Waals surface area contributed by atoms with Gasteiger partial charge in [-0.3, -0.25) is 0 Å². The molecule has 4 nitrogen and oxygen atoms in total. The number of rotatable bonds is 3. The van der Waals surface area contributed by atoms with Gasteiger partial charge in [-0.05, 0) is 11.6 Å². The van der Waals surface area contributed by atoms with E-state index in [-0.39, 0.29) is 5.02 Å². The van der Waals surface area contributed by atoms with Crippen molar-refractivity contribution in [2.45, 2.75) is 13.1 Å². The highest BCUT2D eigenvalue weighted by Crippen LogP contribution is 2.20. The highest BCUT2D eigenvalue weighted by Gasteiger charge is 2.07. The van der Waals surface area contributed by atoms with Crippen molar-refractivity contribution in [2.24, 2.45) is 5.73 Å². The summed E-state index contributed by atoms with van der Waals surface area (Å²) < 4.78 is 14.7. The Bertz CT molecular complexity index is 497. The molecule has 0 aliphatic carbocycles. The van der Waals surface area contributed by atoms with Crippen molar-refractivity contribution in [1.82, 2.24) is 15.0 Å². The SMILES string of the molecule is NCc1cn(Cc2cccc(F)c2Cl)nn1. The average molecular weight is 241 g/mol. The molecular weight excluding hydrogens is 231 g/mol. The topological polar surface area (TPSA) is 56.7 Å². The Kier molecular flexibility index (Phi) is 3.17. The third-order valence-electron chi connectivity index (χ3n) is 2.16. The Labute approximate surface area is 96.8 Å². The number of benzene rings is 1. The molecule has 0 saturated heterocycles. The van der Waals surface area contributed by atoms with Crippen molar-refractivity contribution in [3.8, 4) is 0 Å². The predicted octanol–water partition coefficient (Wildman–Crippen LogP) is 1.58. The van der Waals surface area contributed by atoms with Gasteiger partial charge >= 0.3 is 0 Å². The minimum absolute atomic E-state index is 0.118. The lowest BCUT2D eigenvalue weighted by molar-refractivity contribution is 0.614. The highest BCUT2D eigenvalue weighted by molar-refractivity contribution is 6.31. The standard InChI is InChI=1S/C10H10ClFN4/c11-10-7(2-1-3-9(10)12)5-16-6-8(4-13)14-15-16/h1-3,6H,4-5,13H2. The van der Waals surface area contributed by atoms with E-state index in [0.29, 0.717) is 24.3 Å². The lowest BCUT2D eigenvalue weighted by Crippen LogP contribution is -2.02. The Hall–Kier alpha value is -1.46. The van der Waals surface area contributed by atoms with Gasteiger partial charge in [-0.25, -0.2) is 9.07 Å². The number of hydrogen-bond acceptors (Lipinski definition) is 3. The second-order valence-corrected chi connectivity index (χ2v) is 3.70. The molecule has 0 amide bonds. The molecule has 0 bridgehead atoms. The lowest BCUT2D eigenvalue weighted by Gasteiger charge is -2.04. The molecule has 1 aromatic heterocycles. The average Bonchev–Trinajstić information content (AvgIpc) is 2.73. The summed E-state index contributed by atoms with van der Waals surface area (Å²) in [5, 5.41) is 7.81. The summed E-state index contributed by atoms with van der Waals surface area (Å²) in [6.45, 7) is 0.709. The fraction of sp³-hybridized carbons (Fsp3) is 0.200. The summed E-state index contributed by atoms with van der Waals surface area (Å²) >= 11 is 5.82. The molecule has 0 aliphatic heterocycles. The van der Waals surface area contributed by atoms with Gasteiger partial charge in [0.15, 0.2) is 0 Å². The quantitative estimate of drug-likeness (QED) is 0.886. The summed E-state index contributed by atoms with van der Waals surface area (Å²) in [4.78, 5) is 0. The smallest absolute Gasteiger partial charge is 0.142 e. The molecule has 0 aliphatic rings.